The van der Waals surface area contributed by atoms with E-state index in [9.17, 15) is 4.79 Å². The lowest BCUT2D eigenvalue weighted by atomic mass is 9.84. The molecule has 0 bridgehead atoms. The van der Waals surface area contributed by atoms with Gasteiger partial charge < -0.3 is 9.47 Å². The summed E-state index contributed by atoms with van der Waals surface area (Å²) in [6.45, 7) is 4.71. The van der Waals surface area contributed by atoms with E-state index in [1.54, 1.807) is 0 Å². The summed E-state index contributed by atoms with van der Waals surface area (Å²) in [4.78, 5) is 11.5. The number of benzene rings is 1. The predicted octanol–water partition coefficient (Wildman–Crippen LogP) is 2.86. The van der Waals surface area contributed by atoms with Crippen LogP contribution in [0.15, 0.2) is 12.1 Å². The summed E-state index contributed by atoms with van der Waals surface area (Å²) in [6.07, 6.45) is 1.06. The van der Waals surface area contributed by atoms with Gasteiger partial charge in [-0.25, -0.2) is 0 Å². The number of carbonyl (C=O) groups is 1. The Hall–Kier alpha value is -1.06. The standard InChI is InChI=1S/C14H17ClO3/c1-14(2)13-9(4-5-18-14)6-11(15)7-10(13)8-12(16)17-3/h6-7H,4-5,8H2,1-3H3. The van der Waals surface area contributed by atoms with Crippen LogP contribution in [-0.4, -0.2) is 19.7 Å². The summed E-state index contributed by atoms with van der Waals surface area (Å²) in [7, 11) is 1.39. The van der Waals surface area contributed by atoms with Gasteiger partial charge in [0.05, 0.1) is 25.7 Å². The molecule has 0 aromatic heterocycles. The summed E-state index contributed by atoms with van der Waals surface area (Å²) in [5, 5.41) is 0.658. The van der Waals surface area contributed by atoms with Crippen molar-refractivity contribution < 1.29 is 14.3 Å². The van der Waals surface area contributed by atoms with Crippen LogP contribution in [0.5, 0.6) is 0 Å². The van der Waals surface area contributed by atoms with Crippen LogP contribution in [0.3, 0.4) is 0 Å². The first-order valence-corrected chi connectivity index (χ1v) is 6.34. The molecule has 3 nitrogen and oxygen atoms in total. The van der Waals surface area contributed by atoms with Crippen molar-refractivity contribution >= 4 is 17.6 Å². The van der Waals surface area contributed by atoms with Crippen LogP contribution in [0.4, 0.5) is 0 Å². The Morgan fingerprint density at radius 1 is 1.50 bits per heavy atom. The Kier molecular flexibility index (Phi) is 3.64. The van der Waals surface area contributed by atoms with Gasteiger partial charge in [0.1, 0.15) is 0 Å². The van der Waals surface area contributed by atoms with E-state index in [2.05, 4.69) is 0 Å². The second-order valence-electron chi connectivity index (χ2n) is 4.96. The van der Waals surface area contributed by atoms with Gasteiger partial charge in [-0.2, -0.15) is 0 Å². The monoisotopic (exact) mass is 268 g/mol. The minimum atomic E-state index is -0.387. The maximum absolute atomic E-state index is 11.5. The molecule has 18 heavy (non-hydrogen) atoms. The van der Waals surface area contributed by atoms with E-state index in [-0.39, 0.29) is 18.0 Å². The van der Waals surface area contributed by atoms with Crippen molar-refractivity contribution in [3.8, 4) is 0 Å². The molecule has 0 radical (unpaired) electrons. The van der Waals surface area contributed by atoms with Gasteiger partial charge in [0, 0.05) is 5.02 Å². The largest absolute Gasteiger partial charge is 0.469 e. The molecule has 1 aliphatic rings. The molecule has 0 atom stereocenters. The third-order valence-corrected chi connectivity index (χ3v) is 3.48. The summed E-state index contributed by atoms with van der Waals surface area (Å²) in [5.74, 6) is -0.263. The zero-order valence-electron chi connectivity index (χ0n) is 10.9. The van der Waals surface area contributed by atoms with Crippen LogP contribution in [-0.2, 0) is 32.7 Å². The van der Waals surface area contributed by atoms with E-state index in [0.29, 0.717) is 11.6 Å². The predicted molar refractivity (Wildman–Crippen MR) is 69.9 cm³/mol. The van der Waals surface area contributed by atoms with E-state index < -0.39 is 0 Å². The molecule has 0 aliphatic carbocycles. The zero-order valence-corrected chi connectivity index (χ0v) is 11.6. The number of hydrogen-bond acceptors (Lipinski definition) is 3. The van der Waals surface area contributed by atoms with E-state index >= 15 is 0 Å². The zero-order chi connectivity index (χ0) is 13.3. The highest BCUT2D eigenvalue weighted by molar-refractivity contribution is 6.30. The molecule has 2 rings (SSSR count). The van der Waals surface area contributed by atoms with E-state index in [4.69, 9.17) is 21.1 Å². The fraction of sp³-hybridized carbons (Fsp3) is 0.500. The first-order chi connectivity index (χ1) is 8.44. The molecule has 0 unspecified atom stereocenters. The molecular formula is C14H17ClO3. The summed E-state index contributed by atoms with van der Waals surface area (Å²) < 4.78 is 10.5. The normalized spacial score (nSPS) is 17.1. The molecule has 1 aromatic rings. The second kappa shape index (κ2) is 4.90. The van der Waals surface area contributed by atoms with Crippen LogP contribution < -0.4 is 0 Å². The third kappa shape index (κ3) is 2.52. The van der Waals surface area contributed by atoms with Gasteiger partial charge in [-0.05, 0) is 49.1 Å². The molecule has 0 fully saturated rings. The van der Waals surface area contributed by atoms with Gasteiger partial charge in [0.15, 0.2) is 0 Å². The number of carbonyl (C=O) groups excluding carboxylic acids is 1. The van der Waals surface area contributed by atoms with Gasteiger partial charge in [0.25, 0.3) is 0 Å². The van der Waals surface area contributed by atoms with Gasteiger partial charge in [-0.3, -0.25) is 4.79 Å². The van der Waals surface area contributed by atoms with Crippen LogP contribution in [0, 0.1) is 0 Å². The number of hydrogen-bond donors (Lipinski definition) is 0. The minimum absolute atomic E-state index is 0.228. The molecule has 1 aromatic carbocycles. The van der Waals surface area contributed by atoms with Gasteiger partial charge >= 0.3 is 5.97 Å². The van der Waals surface area contributed by atoms with E-state index in [1.807, 2.05) is 26.0 Å². The summed E-state index contributed by atoms with van der Waals surface area (Å²) in [6, 6.07) is 3.79. The SMILES string of the molecule is COC(=O)Cc1cc(Cl)cc2c1C(C)(C)OCC2. The lowest BCUT2D eigenvalue weighted by molar-refractivity contribution is -0.139. The molecule has 0 saturated carbocycles. The molecule has 0 spiro atoms. The van der Waals surface area contributed by atoms with Crippen LogP contribution in [0.2, 0.25) is 5.02 Å². The lowest BCUT2D eigenvalue weighted by Crippen LogP contribution is -2.31. The van der Waals surface area contributed by atoms with Gasteiger partial charge in [0.2, 0.25) is 0 Å². The Morgan fingerprint density at radius 3 is 2.89 bits per heavy atom. The number of rotatable bonds is 2. The Bertz CT molecular complexity index is 480. The highest BCUT2D eigenvalue weighted by atomic mass is 35.5. The molecular weight excluding hydrogens is 252 g/mol. The molecule has 98 valence electrons. The van der Waals surface area contributed by atoms with Gasteiger partial charge in [-0.1, -0.05) is 11.6 Å². The highest BCUT2D eigenvalue weighted by Crippen LogP contribution is 2.37. The van der Waals surface area contributed by atoms with Gasteiger partial charge in [-0.15, -0.1) is 0 Å². The molecule has 1 heterocycles. The van der Waals surface area contributed by atoms with Crippen molar-refractivity contribution in [2.24, 2.45) is 0 Å². The van der Waals surface area contributed by atoms with Crippen LogP contribution in [0.1, 0.15) is 30.5 Å². The minimum Gasteiger partial charge on any atom is -0.469 e. The van der Waals surface area contributed by atoms with Crippen molar-refractivity contribution in [1.82, 2.24) is 0 Å². The lowest BCUT2D eigenvalue weighted by Gasteiger charge is -2.35. The number of esters is 1. The molecule has 0 saturated heterocycles. The first kappa shape index (κ1) is 13.4. The maximum atomic E-state index is 11.5. The first-order valence-electron chi connectivity index (χ1n) is 5.96. The maximum Gasteiger partial charge on any atom is 0.309 e. The van der Waals surface area contributed by atoms with Crippen LogP contribution >= 0.6 is 11.6 Å². The Labute approximate surface area is 112 Å². The molecule has 1 aliphatic heterocycles. The fourth-order valence-electron chi connectivity index (χ4n) is 2.55. The summed E-state index contributed by atoms with van der Waals surface area (Å²) >= 11 is 6.11. The van der Waals surface area contributed by atoms with Crippen molar-refractivity contribution in [1.29, 1.82) is 0 Å². The number of ether oxygens (including phenoxy) is 2. The summed E-state index contributed by atoms with van der Waals surface area (Å²) in [5.41, 5.74) is 2.75. The highest BCUT2D eigenvalue weighted by Gasteiger charge is 2.31. The van der Waals surface area contributed by atoms with Crippen molar-refractivity contribution in [3.63, 3.8) is 0 Å². The molecule has 0 amide bonds. The topological polar surface area (TPSA) is 35.5 Å². The van der Waals surface area contributed by atoms with Crippen LogP contribution in [0.25, 0.3) is 0 Å². The number of fused-ring (bicyclic) bond motifs is 1. The quantitative estimate of drug-likeness (QED) is 0.774. The fourth-order valence-corrected chi connectivity index (χ4v) is 2.81. The van der Waals surface area contributed by atoms with E-state index in [1.165, 1.54) is 7.11 Å². The third-order valence-electron chi connectivity index (χ3n) is 3.27. The molecule has 0 N–H and O–H groups in total. The Balaban J connectivity index is 2.51. The van der Waals surface area contributed by atoms with Crippen molar-refractivity contribution in [2.45, 2.75) is 32.3 Å². The van der Waals surface area contributed by atoms with Crippen molar-refractivity contribution in [2.75, 3.05) is 13.7 Å². The second-order valence-corrected chi connectivity index (χ2v) is 5.40. The number of methoxy groups -OCH3 is 1. The smallest absolute Gasteiger partial charge is 0.309 e. The van der Waals surface area contributed by atoms with E-state index in [0.717, 1.165) is 23.1 Å². The number of halogens is 1. The average Bonchev–Trinajstić information content (AvgIpc) is 2.26. The average molecular weight is 269 g/mol. The Morgan fingerprint density at radius 2 is 2.22 bits per heavy atom. The van der Waals surface area contributed by atoms with Crippen molar-refractivity contribution in [3.05, 3.63) is 33.8 Å². The molecule has 4 heteroatoms.